The van der Waals surface area contributed by atoms with Crippen molar-refractivity contribution in [3.8, 4) is 5.82 Å². The van der Waals surface area contributed by atoms with Crippen molar-refractivity contribution in [2.75, 3.05) is 25.0 Å². The minimum absolute atomic E-state index is 0.287. The summed E-state index contributed by atoms with van der Waals surface area (Å²) in [5.74, 6) is 0.344. The molecule has 0 atom stereocenters. The van der Waals surface area contributed by atoms with Crippen LogP contribution >= 0.6 is 0 Å². The van der Waals surface area contributed by atoms with Gasteiger partial charge in [0.25, 0.3) is 0 Å². The van der Waals surface area contributed by atoms with Crippen LogP contribution in [0.25, 0.3) is 28.1 Å². The number of imidazole rings is 1. The van der Waals surface area contributed by atoms with Crippen LogP contribution in [0.1, 0.15) is 42.3 Å². The Morgan fingerprint density at radius 1 is 1.21 bits per heavy atom. The molecular weight excluding hydrogens is 491 g/mol. The van der Waals surface area contributed by atoms with Gasteiger partial charge in [-0.1, -0.05) is 31.4 Å². The molecule has 39 heavy (non-hydrogen) atoms. The van der Waals surface area contributed by atoms with E-state index in [9.17, 15) is 0 Å². The molecule has 0 bridgehead atoms. The van der Waals surface area contributed by atoms with Gasteiger partial charge in [0.15, 0.2) is 5.65 Å². The van der Waals surface area contributed by atoms with E-state index in [1.807, 2.05) is 55.8 Å². The van der Waals surface area contributed by atoms with Crippen LogP contribution in [0.2, 0.25) is 0 Å². The predicted octanol–water partition coefficient (Wildman–Crippen LogP) is 5.99. The van der Waals surface area contributed by atoms with Crippen LogP contribution in [0, 0.1) is 19.7 Å². The number of likely N-dealkylation sites (tertiary alicyclic amines) is 1. The van der Waals surface area contributed by atoms with Gasteiger partial charge < -0.3 is 5.32 Å². The number of anilines is 1. The molecule has 4 aromatic rings. The van der Waals surface area contributed by atoms with Gasteiger partial charge in [0.2, 0.25) is 0 Å². The van der Waals surface area contributed by atoms with Crippen molar-refractivity contribution < 1.29 is 4.39 Å². The Kier molecular flexibility index (Phi) is 7.51. The van der Waals surface area contributed by atoms with Gasteiger partial charge in [-0.3, -0.25) is 14.6 Å². The maximum absolute atomic E-state index is 16.1. The van der Waals surface area contributed by atoms with Crippen molar-refractivity contribution in [1.29, 1.82) is 0 Å². The Balaban J connectivity index is 1.46. The number of hydrogen-bond acceptors (Lipinski definition) is 6. The fourth-order valence-corrected chi connectivity index (χ4v) is 4.94. The van der Waals surface area contributed by atoms with Gasteiger partial charge in [0, 0.05) is 41.9 Å². The Labute approximate surface area is 227 Å². The zero-order valence-corrected chi connectivity index (χ0v) is 22.6. The molecule has 8 nitrogen and oxygen atoms in total. The van der Waals surface area contributed by atoms with Crippen molar-refractivity contribution in [2.24, 2.45) is 0 Å². The molecule has 0 amide bonds. The molecule has 0 spiro atoms. The van der Waals surface area contributed by atoms with Crippen molar-refractivity contribution in [3.05, 3.63) is 96.3 Å². The first-order chi connectivity index (χ1) is 18.9. The lowest BCUT2D eigenvalue weighted by molar-refractivity contribution is 0.371. The SMILES string of the molecule is C=C/C(=C\C(=C/C)c1cnc2n[nH]c(C(=C)Nc3ccnc(-n4cnc(C)c4)c3C)c2c1F)CN1CCCC1. The van der Waals surface area contributed by atoms with Crippen LogP contribution in [-0.2, 0) is 0 Å². The van der Waals surface area contributed by atoms with E-state index in [1.165, 1.54) is 19.0 Å². The number of fused-ring (bicyclic) bond motifs is 1. The molecule has 0 unspecified atom stereocenters. The summed E-state index contributed by atoms with van der Waals surface area (Å²) in [5, 5.41) is 10.8. The highest BCUT2D eigenvalue weighted by molar-refractivity contribution is 5.94. The van der Waals surface area contributed by atoms with Crippen molar-refractivity contribution in [2.45, 2.75) is 33.6 Å². The standard InChI is InChI=1S/C30H33FN8/c1-6-22(17-38-12-8-9-13-38)14-23(7-2)24-15-33-29-26(27(24)31)28(36-37-29)21(5)35-25-10-11-32-30(20(25)4)39-16-19(3)34-18-39/h6-7,10-11,14-16,18H,1,5,8-9,12-13,17H2,2-4H3,(H,32,35)(H,33,36,37)/b22-14+,23-7+. The first-order valence-corrected chi connectivity index (χ1v) is 13.1. The zero-order chi connectivity index (χ0) is 27.5. The first-order valence-electron chi connectivity index (χ1n) is 13.1. The van der Waals surface area contributed by atoms with E-state index in [1.54, 1.807) is 12.5 Å². The number of pyridine rings is 2. The Morgan fingerprint density at radius 3 is 2.69 bits per heavy atom. The molecule has 5 heterocycles. The number of rotatable bonds is 9. The molecule has 9 heteroatoms. The van der Waals surface area contributed by atoms with E-state index in [-0.39, 0.29) is 11.0 Å². The maximum atomic E-state index is 16.1. The molecule has 1 saturated heterocycles. The number of halogens is 1. The molecule has 4 aromatic heterocycles. The summed E-state index contributed by atoms with van der Waals surface area (Å²) in [6.45, 7) is 16.9. The van der Waals surface area contributed by atoms with E-state index in [0.717, 1.165) is 53.5 Å². The molecule has 2 N–H and O–H groups in total. The molecule has 1 fully saturated rings. The average Bonchev–Trinajstić information content (AvgIpc) is 3.70. The largest absolute Gasteiger partial charge is 0.354 e. The van der Waals surface area contributed by atoms with Gasteiger partial charge in [-0.25, -0.2) is 19.3 Å². The molecule has 0 radical (unpaired) electrons. The van der Waals surface area contributed by atoms with E-state index < -0.39 is 5.82 Å². The smallest absolute Gasteiger partial charge is 0.184 e. The summed E-state index contributed by atoms with van der Waals surface area (Å²) in [6, 6.07) is 1.85. The number of nitrogens with one attached hydrogen (secondary N) is 2. The van der Waals surface area contributed by atoms with Gasteiger partial charge in [-0.15, -0.1) is 0 Å². The van der Waals surface area contributed by atoms with Gasteiger partial charge >= 0.3 is 0 Å². The Morgan fingerprint density at radius 2 is 2.00 bits per heavy atom. The van der Waals surface area contributed by atoms with Crippen LogP contribution < -0.4 is 5.32 Å². The van der Waals surface area contributed by atoms with E-state index in [4.69, 9.17) is 0 Å². The maximum Gasteiger partial charge on any atom is 0.184 e. The number of H-pyrrole nitrogens is 1. The number of nitrogens with zero attached hydrogens (tertiary/aromatic N) is 6. The molecule has 5 rings (SSSR count). The average molecular weight is 525 g/mol. The lowest BCUT2D eigenvalue weighted by Gasteiger charge is -2.16. The summed E-state index contributed by atoms with van der Waals surface area (Å²) in [5.41, 5.74) is 5.97. The second kappa shape index (κ2) is 11.2. The van der Waals surface area contributed by atoms with Crippen molar-refractivity contribution in [1.82, 2.24) is 34.6 Å². The summed E-state index contributed by atoms with van der Waals surface area (Å²) >= 11 is 0. The van der Waals surface area contributed by atoms with Crippen LogP contribution in [-0.4, -0.2) is 54.3 Å². The van der Waals surface area contributed by atoms with Gasteiger partial charge in [0.1, 0.15) is 18.0 Å². The highest BCUT2D eigenvalue weighted by Gasteiger charge is 2.20. The monoisotopic (exact) mass is 524 g/mol. The minimum Gasteiger partial charge on any atom is -0.354 e. The molecule has 0 aliphatic carbocycles. The molecule has 1 aliphatic rings. The second-order valence-electron chi connectivity index (χ2n) is 9.77. The molecule has 0 saturated carbocycles. The highest BCUT2D eigenvalue weighted by Crippen LogP contribution is 2.31. The van der Waals surface area contributed by atoms with E-state index in [0.29, 0.717) is 17.0 Å². The van der Waals surface area contributed by atoms with Crippen molar-refractivity contribution >= 4 is 28.0 Å². The molecule has 0 aromatic carbocycles. The fraction of sp³-hybridized carbons (Fsp3) is 0.267. The van der Waals surface area contributed by atoms with Crippen LogP contribution in [0.4, 0.5) is 10.1 Å². The first kappa shape index (κ1) is 26.2. The van der Waals surface area contributed by atoms with Crippen LogP contribution in [0.3, 0.4) is 0 Å². The fourth-order valence-electron chi connectivity index (χ4n) is 4.94. The highest BCUT2D eigenvalue weighted by atomic mass is 19.1. The normalized spacial score (nSPS) is 14.8. The minimum atomic E-state index is -0.401. The summed E-state index contributed by atoms with van der Waals surface area (Å²) in [7, 11) is 0. The Bertz CT molecular complexity index is 1600. The van der Waals surface area contributed by atoms with Gasteiger partial charge in [-0.2, -0.15) is 5.10 Å². The lowest BCUT2D eigenvalue weighted by atomic mass is 10.0. The van der Waals surface area contributed by atoms with Gasteiger partial charge in [-0.05, 0) is 63.9 Å². The summed E-state index contributed by atoms with van der Waals surface area (Å²) < 4.78 is 18.0. The lowest BCUT2D eigenvalue weighted by Crippen LogP contribution is -2.21. The molecule has 200 valence electrons. The Hall–Kier alpha value is -4.37. The molecule has 1 aliphatic heterocycles. The summed E-state index contributed by atoms with van der Waals surface area (Å²) in [6.07, 6.45) is 15.0. The third-order valence-electron chi connectivity index (χ3n) is 7.07. The third kappa shape index (κ3) is 5.31. The number of allylic oxidation sites excluding steroid dienone is 3. The predicted molar refractivity (Wildman–Crippen MR) is 155 cm³/mol. The number of aromatic amines is 1. The summed E-state index contributed by atoms with van der Waals surface area (Å²) in [4.78, 5) is 15.6. The number of aromatic nitrogens is 6. The number of aryl methyl sites for hydroxylation is 1. The van der Waals surface area contributed by atoms with Gasteiger partial charge in [0.05, 0.1) is 22.5 Å². The van der Waals surface area contributed by atoms with E-state index in [2.05, 4.69) is 48.5 Å². The van der Waals surface area contributed by atoms with E-state index >= 15 is 4.39 Å². The zero-order valence-electron chi connectivity index (χ0n) is 22.6. The molecular formula is C30H33FN8. The number of hydrogen-bond donors (Lipinski definition) is 2. The third-order valence-corrected chi connectivity index (χ3v) is 7.07. The second-order valence-corrected chi connectivity index (χ2v) is 9.77. The van der Waals surface area contributed by atoms with Crippen LogP contribution in [0.15, 0.2) is 67.9 Å². The quantitative estimate of drug-likeness (QED) is 0.262. The van der Waals surface area contributed by atoms with Crippen LogP contribution in [0.5, 0.6) is 0 Å². The van der Waals surface area contributed by atoms with Crippen molar-refractivity contribution in [3.63, 3.8) is 0 Å². The topological polar surface area (TPSA) is 87.6 Å².